The molecule has 0 aliphatic carbocycles. The zero-order chi connectivity index (χ0) is 10.3. The third-order valence-corrected chi connectivity index (χ3v) is 2.93. The summed E-state index contributed by atoms with van der Waals surface area (Å²) in [4.78, 5) is 4.27. The van der Waals surface area contributed by atoms with E-state index < -0.39 is 0 Å². The number of halogens is 1. The number of hydrogen-bond acceptors (Lipinski definition) is 2. The maximum Gasteiger partial charge on any atom is 0.148 e. The molecule has 0 amide bonds. The van der Waals surface area contributed by atoms with Crippen LogP contribution >= 0.6 is 0 Å². The van der Waals surface area contributed by atoms with Gasteiger partial charge >= 0.3 is 0 Å². The molecular weight excluding hydrogens is 193 g/mol. The van der Waals surface area contributed by atoms with Crippen molar-refractivity contribution in [1.29, 1.82) is 0 Å². The second kappa shape index (κ2) is 3.31. The van der Waals surface area contributed by atoms with Crippen LogP contribution in [0.3, 0.4) is 0 Å². The Bertz CT molecular complexity index is 488. The van der Waals surface area contributed by atoms with Crippen molar-refractivity contribution in [2.45, 2.75) is 6.42 Å². The van der Waals surface area contributed by atoms with E-state index in [-0.39, 0.29) is 5.82 Å². The van der Waals surface area contributed by atoms with E-state index in [9.17, 15) is 4.39 Å². The summed E-state index contributed by atoms with van der Waals surface area (Å²) in [5.41, 5.74) is 0.569. The van der Waals surface area contributed by atoms with Crippen molar-refractivity contribution < 1.29 is 4.39 Å². The van der Waals surface area contributed by atoms with Gasteiger partial charge in [-0.3, -0.25) is 0 Å². The summed E-state index contributed by atoms with van der Waals surface area (Å²) in [6, 6.07) is 3.18. The number of aromatic nitrogens is 2. The van der Waals surface area contributed by atoms with Gasteiger partial charge in [-0.15, -0.1) is 0 Å². The van der Waals surface area contributed by atoms with Crippen LogP contribution in [0.2, 0.25) is 0 Å². The Morgan fingerprint density at radius 1 is 1.53 bits per heavy atom. The molecule has 3 nitrogen and oxygen atoms in total. The average Bonchev–Trinajstić information content (AvgIpc) is 2.56. The second-order valence-corrected chi connectivity index (χ2v) is 4.01. The van der Waals surface area contributed by atoms with Gasteiger partial charge in [-0.05, 0) is 31.1 Å². The quantitative estimate of drug-likeness (QED) is 0.799. The van der Waals surface area contributed by atoms with Crippen molar-refractivity contribution in [2.75, 3.05) is 13.1 Å². The highest BCUT2D eigenvalue weighted by atomic mass is 19.1. The summed E-state index contributed by atoms with van der Waals surface area (Å²) < 4.78 is 15.2. The highest BCUT2D eigenvalue weighted by Gasteiger charge is 2.19. The number of nitrogens with zero attached hydrogens (tertiary/aromatic N) is 2. The zero-order valence-corrected chi connectivity index (χ0v) is 8.28. The van der Waals surface area contributed by atoms with Crippen LogP contribution in [0.5, 0.6) is 0 Å². The Morgan fingerprint density at radius 2 is 2.40 bits per heavy atom. The molecular formula is C11H12FN3. The Balaban J connectivity index is 2.00. The molecule has 1 fully saturated rings. The summed E-state index contributed by atoms with van der Waals surface area (Å²) in [5.74, 6) is 1.40. The van der Waals surface area contributed by atoms with E-state index in [0.717, 1.165) is 25.3 Å². The monoisotopic (exact) mass is 205 g/mol. The number of fused-ring (bicyclic) bond motifs is 1. The Kier molecular flexibility index (Phi) is 1.95. The number of pyridine rings is 1. The van der Waals surface area contributed by atoms with Crippen LogP contribution in [0.1, 0.15) is 5.82 Å². The van der Waals surface area contributed by atoms with Crippen LogP contribution in [-0.2, 0) is 6.42 Å². The predicted octanol–water partition coefficient (Wildman–Crippen LogP) is 1.24. The largest absolute Gasteiger partial charge is 0.316 e. The van der Waals surface area contributed by atoms with Gasteiger partial charge in [-0.2, -0.15) is 0 Å². The molecule has 1 aliphatic heterocycles. The number of rotatable bonds is 2. The minimum atomic E-state index is -0.206. The van der Waals surface area contributed by atoms with Gasteiger partial charge in [0.05, 0.1) is 6.20 Å². The Labute approximate surface area is 86.9 Å². The minimum Gasteiger partial charge on any atom is -0.316 e. The van der Waals surface area contributed by atoms with Crippen LogP contribution in [0, 0.1) is 11.7 Å². The SMILES string of the molecule is Fc1cccn2c(CC3CNC3)ncc12. The molecule has 0 bridgehead atoms. The minimum absolute atomic E-state index is 0.206. The zero-order valence-electron chi connectivity index (χ0n) is 8.28. The molecule has 1 saturated heterocycles. The fourth-order valence-electron chi connectivity index (χ4n) is 1.94. The first-order valence-electron chi connectivity index (χ1n) is 5.16. The first kappa shape index (κ1) is 8.85. The summed E-state index contributed by atoms with van der Waals surface area (Å²) in [6.45, 7) is 2.09. The molecule has 1 aliphatic rings. The van der Waals surface area contributed by atoms with Gasteiger partial charge in [0, 0.05) is 12.6 Å². The Morgan fingerprint density at radius 3 is 3.13 bits per heavy atom. The van der Waals surface area contributed by atoms with E-state index in [4.69, 9.17) is 0 Å². The van der Waals surface area contributed by atoms with Crippen LogP contribution in [0.4, 0.5) is 4.39 Å². The first-order valence-corrected chi connectivity index (χ1v) is 5.16. The van der Waals surface area contributed by atoms with E-state index in [1.807, 2.05) is 10.6 Å². The molecule has 15 heavy (non-hydrogen) atoms. The van der Waals surface area contributed by atoms with Crippen LogP contribution < -0.4 is 5.32 Å². The number of nitrogens with one attached hydrogen (secondary N) is 1. The van der Waals surface area contributed by atoms with Crippen LogP contribution in [0.25, 0.3) is 5.52 Å². The average molecular weight is 205 g/mol. The fraction of sp³-hybridized carbons (Fsp3) is 0.364. The molecule has 1 N–H and O–H groups in total. The maximum atomic E-state index is 13.4. The molecule has 0 aromatic carbocycles. The summed E-state index contributed by atoms with van der Waals surface area (Å²) in [7, 11) is 0. The topological polar surface area (TPSA) is 29.3 Å². The fourth-order valence-corrected chi connectivity index (χ4v) is 1.94. The smallest absolute Gasteiger partial charge is 0.148 e. The first-order chi connectivity index (χ1) is 7.34. The van der Waals surface area contributed by atoms with Crippen LogP contribution in [-0.4, -0.2) is 22.5 Å². The second-order valence-electron chi connectivity index (χ2n) is 4.01. The highest BCUT2D eigenvalue weighted by Crippen LogP contribution is 2.15. The predicted molar refractivity (Wildman–Crippen MR) is 55.2 cm³/mol. The van der Waals surface area contributed by atoms with Gasteiger partial charge in [0.15, 0.2) is 0 Å². The third kappa shape index (κ3) is 1.41. The van der Waals surface area contributed by atoms with Gasteiger partial charge in [0.1, 0.15) is 17.2 Å². The van der Waals surface area contributed by atoms with Crippen molar-refractivity contribution in [2.24, 2.45) is 5.92 Å². The lowest BCUT2D eigenvalue weighted by molar-refractivity contribution is 0.340. The Hall–Kier alpha value is -1.42. The van der Waals surface area contributed by atoms with E-state index >= 15 is 0 Å². The molecule has 0 saturated carbocycles. The molecule has 3 heterocycles. The molecule has 3 rings (SSSR count). The van der Waals surface area contributed by atoms with E-state index in [1.54, 1.807) is 12.3 Å². The van der Waals surface area contributed by atoms with E-state index in [0.29, 0.717) is 11.4 Å². The van der Waals surface area contributed by atoms with E-state index in [2.05, 4.69) is 10.3 Å². The summed E-state index contributed by atoms with van der Waals surface area (Å²) >= 11 is 0. The van der Waals surface area contributed by atoms with Crippen molar-refractivity contribution in [1.82, 2.24) is 14.7 Å². The molecule has 0 atom stereocenters. The van der Waals surface area contributed by atoms with Crippen molar-refractivity contribution >= 4 is 5.52 Å². The van der Waals surface area contributed by atoms with E-state index in [1.165, 1.54) is 6.07 Å². The molecule has 0 radical (unpaired) electrons. The normalized spacial score (nSPS) is 16.9. The van der Waals surface area contributed by atoms with Gasteiger partial charge in [-0.1, -0.05) is 0 Å². The maximum absolute atomic E-state index is 13.4. The lowest BCUT2D eigenvalue weighted by Gasteiger charge is -2.26. The molecule has 0 unspecified atom stereocenters. The lowest BCUT2D eigenvalue weighted by Crippen LogP contribution is -2.43. The van der Waals surface area contributed by atoms with Crippen molar-refractivity contribution in [3.05, 3.63) is 36.2 Å². The van der Waals surface area contributed by atoms with Crippen molar-refractivity contribution in [3.63, 3.8) is 0 Å². The molecule has 4 heteroatoms. The highest BCUT2D eigenvalue weighted by molar-refractivity contribution is 5.47. The van der Waals surface area contributed by atoms with Gasteiger partial charge in [0.2, 0.25) is 0 Å². The molecule has 0 spiro atoms. The number of imidazole rings is 1. The van der Waals surface area contributed by atoms with Crippen molar-refractivity contribution in [3.8, 4) is 0 Å². The van der Waals surface area contributed by atoms with Crippen LogP contribution in [0.15, 0.2) is 24.5 Å². The molecule has 2 aromatic heterocycles. The standard InChI is InChI=1S/C11H12FN3/c12-9-2-1-3-15-10(9)7-14-11(15)4-8-5-13-6-8/h1-3,7-8,13H,4-6H2. The van der Waals surface area contributed by atoms with Gasteiger partial charge in [-0.25, -0.2) is 9.37 Å². The summed E-state index contributed by atoms with van der Waals surface area (Å²) in [6.07, 6.45) is 4.40. The number of hydrogen-bond donors (Lipinski definition) is 1. The summed E-state index contributed by atoms with van der Waals surface area (Å²) in [5, 5.41) is 3.22. The molecule has 2 aromatic rings. The lowest BCUT2D eigenvalue weighted by atomic mass is 9.99. The van der Waals surface area contributed by atoms with Gasteiger partial charge in [0.25, 0.3) is 0 Å². The van der Waals surface area contributed by atoms with Gasteiger partial charge < -0.3 is 9.72 Å². The third-order valence-electron chi connectivity index (χ3n) is 2.93. The molecule has 78 valence electrons.